The number of aryl methyl sites for hydroxylation is 1. The lowest BCUT2D eigenvalue weighted by Crippen LogP contribution is -2.35. The molecule has 0 bridgehead atoms. The van der Waals surface area contributed by atoms with Crippen LogP contribution < -0.4 is 5.32 Å². The predicted molar refractivity (Wildman–Crippen MR) is 61.5 cm³/mol. The molecule has 16 heavy (non-hydrogen) atoms. The predicted octanol–water partition coefficient (Wildman–Crippen LogP) is 1.82. The summed E-state index contributed by atoms with van der Waals surface area (Å²) < 4.78 is 0. The molecule has 1 aliphatic rings. The molecule has 0 spiro atoms. The smallest absolute Gasteiger partial charge is 0.253 e. The second kappa shape index (κ2) is 4.31. The standard InChI is InChI=1S/C13H13NO2/c1-9-2-4-10(5-3-9)8-11-6-7-12(15)14-13(11)16/h2-5,8H,6-7H2,1H3,(H,14,15,16)/b11-8+. The van der Waals surface area contributed by atoms with Crippen LogP contribution in [0, 0.1) is 6.92 Å². The molecule has 1 fully saturated rings. The van der Waals surface area contributed by atoms with Gasteiger partial charge in [-0.15, -0.1) is 0 Å². The van der Waals surface area contributed by atoms with Gasteiger partial charge in [-0.05, 0) is 25.0 Å². The van der Waals surface area contributed by atoms with Crippen LogP contribution in [-0.2, 0) is 9.59 Å². The van der Waals surface area contributed by atoms with Gasteiger partial charge in [-0.3, -0.25) is 14.9 Å². The number of benzene rings is 1. The summed E-state index contributed by atoms with van der Waals surface area (Å²) in [5.41, 5.74) is 2.85. The summed E-state index contributed by atoms with van der Waals surface area (Å²) in [5, 5.41) is 2.31. The molecule has 3 heteroatoms. The van der Waals surface area contributed by atoms with Gasteiger partial charge >= 0.3 is 0 Å². The average Bonchev–Trinajstić information content (AvgIpc) is 2.25. The SMILES string of the molecule is Cc1ccc(/C=C2\CCC(=O)NC2=O)cc1. The van der Waals surface area contributed by atoms with Gasteiger partial charge in [0.05, 0.1) is 0 Å². The molecule has 1 N–H and O–H groups in total. The Bertz CT molecular complexity index is 457. The van der Waals surface area contributed by atoms with E-state index >= 15 is 0 Å². The van der Waals surface area contributed by atoms with Gasteiger partial charge in [-0.25, -0.2) is 0 Å². The molecule has 0 atom stereocenters. The lowest BCUT2D eigenvalue weighted by Gasteiger charge is -2.13. The largest absolute Gasteiger partial charge is 0.293 e. The summed E-state index contributed by atoms with van der Waals surface area (Å²) in [6, 6.07) is 7.93. The Hall–Kier alpha value is -1.90. The van der Waals surface area contributed by atoms with E-state index in [1.807, 2.05) is 37.3 Å². The minimum atomic E-state index is -0.267. The van der Waals surface area contributed by atoms with E-state index in [0.717, 1.165) is 5.56 Å². The third-order valence-electron chi connectivity index (χ3n) is 2.58. The lowest BCUT2D eigenvalue weighted by molar-refractivity contribution is -0.130. The van der Waals surface area contributed by atoms with E-state index < -0.39 is 0 Å². The van der Waals surface area contributed by atoms with Gasteiger partial charge in [0.2, 0.25) is 5.91 Å². The first-order valence-electron chi connectivity index (χ1n) is 5.26. The van der Waals surface area contributed by atoms with E-state index in [4.69, 9.17) is 0 Å². The molecule has 2 amide bonds. The number of imide groups is 1. The van der Waals surface area contributed by atoms with Gasteiger partial charge in [-0.1, -0.05) is 29.8 Å². The summed E-state index contributed by atoms with van der Waals surface area (Å²) >= 11 is 0. The van der Waals surface area contributed by atoms with Crippen LogP contribution in [0.3, 0.4) is 0 Å². The van der Waals surface area contributed by atoms with Gasteiger partial charge in [0.25, 0.3) is 5.91 Å². The fourth-order valence-electron chi connectivity index (χ4n) is 1.63. The van der Waals surface area contributed by atoms with Crippen molar-refractivity contribution >= 4 is 17.9 Å². The molecule has 1 heterocycles. The maximum Gasteiger partial charge on any atom is 0.253 e. The maximum atomic E-state index is 11.5. The highest BCUT2D eigenvalue weighted by Gasteiger charge is 2.19. The lowest BCUT2D eigenvalue weighted by atomic mass is 10.0. The van der Waals surface area contributed by atoms with Crippen LogP contribution in [0.4, 0.5) is 0 Å². The zero-order valence-corrected chi connectivity index (χ0v) is 9.12. The molecule has 1 aliphatic heterocycles. The molecule has 1 aromatic rings. The molecule has 1 saturated heterocycles. The molecule has 0 aromatic heterocycles. The van der Waals surface area contributed by atoms with E-state index in [9.17, 15) is 9.59 Å². The van der Waals surface area contributed by atoms with Crippen molar-refractivity contribution in [3.05, 3.63) is 41.0 Å². The molecular weight excluding hydrogens is 202 g/mol. The van der Waals surface area contributed by atoms with E-state index in [2.05, 4.69) is 5.32 Å². The van der Waals surface area contributed by atoms with Crippen molar-refractivity contribution in [2.24, 2.45) is 0 Å². The molecule has 1 aromatic carbocycles. The first-order valence-corrected chi connectivity index (χ1v) is 5.26. The first kappa shape index (κ1) is 10.6. The minimum absolute atomic E-state index is 0.189. The first-order chi connectivity index (χ1) is 7.65. The Morgan fingerprint density at radius 1 is 1.12 bits per heavy atom. The van der Waals surface area contributed by atoms with Gasteiger partial charge in [-0.2, -0.15) is 0 Å². The van der Waals surface area contributed by atoms with Gasteiger partial charge < -0.3 is 0 Å². The summed E-state index contributed by atoms with van der Waals surface area (Å²) in [7, 11) is 0. The van der Waals surface area contributed by atoms with Crippen molar-refractivity contribution in [3.63, 3.8) is 0 Å². The Balaban J connectivity index is 2.21. The highest BCUT2D eigenvalue weighted by atomic mass is 16.2. The Morgan fingerprint density at radius 2 is 1.81 bits per heavy atom. The number of hydrogen-bond donors (Lipinski definition) is 1. The summed E-state index contributed by atoms with van der Waals surface area (Å²) in [6.45, 7) is 2.02. The topological polar surface area (TPSA) is 46.2 Å². The average molecular weight is 215 g/mol. The minimum Gasteiger partial charge on any atom is -0.293 e. The zero-order chi connectivity index (χ0) is 11.5. The van der Waals surface area contributed by atoms with E-state index in [-0.39, 0.29) is 11.8 Å². The Morgan fingerprint density at radius 3 is 2.44 bits per heavy atom. The van der Waals surface area contributed by atoms with Crippen LogP contribution in [0.25, 0.3) is 6.08 Å². The van der Waals surface area contributed by atoms with E-state index in [0.29, 0.717) is 18.4 Å². The fourth-order valence-corrected chi connectivity index (χ4v) is 1.63. The normalized spacial score (nSPS) is 18.7. The molecule has 0 unspecified atom stereocenters. The summed E-state index contributed by atoms with van der Waals surface area (Å²) in [4.78, 5) is 22.4. The zero-order valence-electron chi connectivity index (χ0n) is 9.12. The molecule has 0 aliphatic carbocycles. The molecular formula is C13H13NO2. The third kappa shape index (κ3) is 2.37. The van der Waals surface area contributed by atoms with E-state index in [1.54, 1.807) is 0 Å². The number of nitrogens with one attached hydrogen (secondary N) is 1. The van der Waals surface area contributed by atoms with Crippen molar-refractivity contribution in [2.45, 2.75) is 19.8 Å². The highest BCUT2D eigenvalue weighted by Crippen LogP contribution is 2.15. The van der Waals surface area contributed by atoms with Crippen molar-refractivity contribution in [1.29, 1.82) is 0 Å². The molecule has 2 rings (SSSR count). The van der Waals surface area contributed by atoms with Gasteiger partial charge in [0.1, 0.15) is 0 Å². The van der Waals surface area contributed by atoms with Crippen molar-refractivity contribution in [3.8, 4) is 0 Å². The van der Waals surface area contributed by atoms with Crippen molar-refractivity contribution in [2.75, 3.05) is 0 Å². The van der Waals surface area contributed by atoms with E-state index in [1.165, 1.54) is 5.56 Å². The van der Waals surface area contributed by atoms with Crippen molar-refractivity contribution in [1.82, 2.24) is 5.32 Å². The maximum absolute atomic E-state index is 11.5. The van der Waals surface area contributed by atoms with Gasteiger partial charge in [0.15, 0.2) is 0 Å². The number of hydrogen-bond acceptors (Lipinski definition) is 2. The number of rotatable bonds is 1. The molecule has 82 valence electrons. The molecule has 3 nitrogen and oxygen atoms in total. The second-order valence-electron chi connectivity index (χ2n) is 3.96. The number of amides is 2. The summed E-state index contributed by atoms with van der Waals surface area (Å²) in [5.74, 6) is -0.456. The fraction of sp³-hybridized carbons (Fsp3) is 0.231. The number of carbonyl (C=O) groups is 2. The summed E-state index contributed by atoms with van der Waals surface area (Å²) in [6.07, 6.45) is 2.75. The van der Waals surface area contributed by atoms with Gasteiger partial charge in [0, 0.05) is 12.0 Å². The third-order valence-corrected chi connectivity index (χ3v) is 2.58. The highest BCUT2D eigenvalue weighted by molar-refractivity contribution is 6.09. The molecule has 0 saturated carbocycles. The van der Waals surface area contributed by atoms with Crippen LogP contribution >= 0.6 is 0 Å². The Kier molecular flexibility index (Phi) is 2.86. The van der Waals surface area contributed by atoms with Crippen LogP contribution in [-0.4, -0.2) is 11.8 Å². The van der Waals surface area contributed by atoms with Crippen LogP contribution in [0.15, 0.2) is 29.8 Å². The monoisotopic (exact) mass is 215 g/mol. The Labute approximate surface area is 94.2 Å². The van der Waals surface area contributed by atoms with Crippen LogP contribution in [0.1, 0.15) is 24.0 Å². The van der Waals surface area contributed by atoms with Crippen molar-refractivity contribution < 1.29 is 9.59 Å². The second-order valence-corrected chi connectivity index (χ2v) is 3.96. The quantitative estimate of drug-likeness (QED) is 0.573. The number of piperidine rings is 1. The molecule has 0 radical (unpaired) electrons. The van der Waals surface area contributed by atoms with Crippen LogP contribution in [0.5, 0.6) is 0 Å². The number of carbonyl (C=O) groups excluding carboxylic acids is 2. The van der Waals surface area contributed by atoms with Crippen LogP contribution in [0.2, 0.25) is 0 Å².